The Balaban J connectivity index is 1.34. The molecule has 4 aliphatic rings. The molecular formula is C39H30Cl2FN3O6. The molecule has 0 radical (unpaired) electrons. The molecule has 2 aliphatic heterocycles. The zero-order valence-electron chi connectivity index (χ0n) is 27.1. The van der Waals surface area contributed by atoms with Gasteiger partial charge in [-0.3, -0.25) is 29.5 Å². The Morgan fingerprint density at radius 1 is 0.843 bits per heavy atom. The summed E-state index contributed by atoms with van der Waals surface area (Å²) in [5.74, 6) is -6.41. The van der Waals surface area contributed by atoms with E-state index in [9.17, 15) is 23.9 Å². The number of anilines is 2. The number of methoxy groups -OCH3 is 1. The van der Waals surface area contributed by atoms with Crippen molar-refractivity contribution < 1.29 is 33.4 Å². The number of hydrogen-bond donors (Lipinski definition) is 2. The molecule has 0 unspecified atom stereocenters. The van der Waals surface area contributed by atoms with Crippen LogP contribution in [0.25, 0.3) is 0 Å². The number of ether oxygens (including phenoxy) is 1. The topological polar surface area (TPSA) is 116 Å². The number of nitrogens with zero attached hydrogens (tertiary/aromatic N) is 2. The van der Waals surface area contributed by atoms with Gasteiger partial charge in [-0.2, -0.15) is 5.01 Å². The molecule has 4 aromatic rings. The second-order valence-electron chi connectivity index (χ2n) is 13.3. The quantitative estimate of drug-likeness (QED) is 0.162. The van der Waals surface area contributed by atoms with Crippen LogP contribution >= 0.6 is 23.2 Å². The van der Waals surface area contributed by atoms with E-state index in [2.05, 4.69) is 5.43 Å². The zero-order valence-corrected chi connectivity index (χ0v) is 28.6. The normalized spacial score (nSPS) is 26.8. The molecule has 51 heavy (non-hydrogen) atoms. The van der Waals surface area contributed by atoms with Crippen molar-refractivity contribution in [2.24, 2.45) is 23.7 Å². The summed E-state index contributed by atoms with van der Waals surface area (Å²) in [4.78, 5) is 59.5. The van der Waals surface area contributed by atoms with Crippen LogP contribution in [0, 0.1) is 29.5 Å². The predicted octanol–water partition coefficient (Wildman–Crippen LogP) is 7.04. The number of aromatic hydroxyl groups is 1. The molecule has 1 saturated carbocycles. The number of nitrogens with one attached hydrogen (secondary N) is 1. The van der Waals surface area contributed by atoms with Crippen LogP contribution in [-0.4, -0.2) is 40.9 Å². The number of allylic oxidation sites excluding steroid dienone is 2. The Bertz CT molecular complexity index is 2140. The van der Waals surface area contributed by atoms with Gasteiger partial charge in [0.05, 0.1) is 41.7 Å². The van der Waals surface area contributed by atoms with E-state index in [0.717, 1.165) is 5.01 Å². The Kier molecular flexibility index (Phi) is 7.92. The lowest BCUT2D eigenvalue weighted by atomic mass is 9.49. The summed E-state index contributed by atoms with van der Waals surface area (Å²) < 4.78 is 19.4. The van der Waals surface area contributed by atoms with Gasteiger partial charge in [0.15, 0.2) is 0 Å². The van der Waals surface area contributed by atoms with Gasteiger partial charge in [-0.25, -0.2) is 4.39 Å². The van der Waals surface area contributed by atoms with Gasteiger partial charge in [-0.1, -0.05) is 47.0 Å². The van der Waals surface area contributed by atoms with E-state index in [1.54, 1.807) is 60.7 Å². The fourth-order valence-electron chi connectivity index (χ4n) is 8.74. The maximum Gasteiger partial charge on any atom is 0.260 e. The molecular weight excluding hydrogens is 696 g/mol. The van der Waals surface area contributed by atoms with Gasteiger partial charge in [0.25, 0.3) is 11.8 Å². The molecule has 2 heterocycles. The average Bonchev–Trinajstić information content (AvgIpc) is 3.51. The van der Waals surface area contributed by atoms with E-state index >= 15 is 4.79 Å². The van der Waals surface area contributed by atoms with Crippen molar-refractivity contribution in [2.75, 3.05) is 17.4 Å². The third-order valence-corrected chi connectivity index (χ3v) is 11.4. The first kappa shape index (κ1) is 33.0. The molecule has 0 bridgehead atoms. The predicted molar refractivity (Wildman–Crippen MR) is 188 cm³/mol. The minimum absolute atomic E-state index is 0.0521. The number of carbonyl (C=O) groups is 4. The fraction of sp³-hybridized carbons (Fsp3) is 0.231. The number of fused-ring (bicyclic) bond motifs is 4. The Hall–Kier alpha value is -5.19. The van der Waals surface area contributed by atoms with Gasteiger partial charge < -0.3 is 9.84 Å². The number of phenols is 1. The third-order valence-electron chi connectivity index (χ3n) is 10.9. The summed E-state index contributed by atoms with van der Waals surface area (Å²) >= 11 is 12.5. The Morgan fingerprint density at radius 2 is 1.51 bits per heavy atom. The number of hydrogen-bond acceptors (Lipinski definition) is 7. The van der Waals surface area contributed by atoms with Crippen molar-refractivity contribution in [1.82, 2.24) is 5.01 Å². The summed E-state index contributed by atoms with van der Waals surface area (Å²) in [6, 6.07) is 23.1. The first-order valence-electron chi connectivity index (χ1n) is 16.4. The van der Waals surface area contributed by atoms with Gasteiger partial charge in [0, 0.05) is 21.5 Å². The molecule has 2 aliphatic carbocycles. The molecule has 12 heteroatoms. The lowest BCUT2D eigenvalue weighted by Crippen LogP contribution is -2.53. The molecule has 4 amide bonds. The highest BCUT2D eigenvalue weighted by Crippen LogP contribution is 2.65. The molecule has 3 fully saturated rings. The second kappa shape index (κ2) is 12.2. The molecule has 2 N–H and O–H groups in total. The number of carbonyl (C=O) groups excluding carboxylic acids is 4. The van der Waals surface area contributed by atoms with Crippen LogP contribution in [0.4, 0.5) is 15.8 Å². The third kappa shape index (κ3) is 4.95. The highest BCUT2D eigenvalue weighted by Gasteiger charge is 2.70. The van der Waals surface area contributed by atoms with Crippen LogP contribution in [-0.2, 0) is 24.6 Å². The number of imide groups is 2. The number of amides is 4. The smallest absolute Gasteiger partial charge is 0.260 e. The number of rotatable bonds is 6. The van der Waals surface area contributed by atoms with E-state index < -0.39 is 58.5 Å². The largest absolute Gasteiger partial charge is 0.508 e. The second-order valence-corrected chi connectivity index (χ2v) is 14.2. The summed E-state index contributed by atoms with van der Waals surface area (Å²) in [5, 5.41) is 13.4. The van der Waals surface area contributed by atoms with Crippen molar-refractivity contribution in [1.29, 1.82) is 0 Å². The van der Waals surface area contributed by atoms with Crippen LogP contribution in [0.5, 0.6) is 11.5 Å². The van der Waals surface area contributed by atoms with E-state index in [-0.39, 0.29) is 24.5 Å². The number of halogens is 3. The van der Waals surface area contributed by atoms with Gasteiger partial charge in [0.1, 0.15) is 17.3 Å². The zero-order chi connectivity index (χ0) is 35.8. The van der Waals surface area contributed by atoms with Crippen LogP contribution < -0.4 is 15.1 Å². The molecule has 4 aromatic carbocycles. The van der Waals surface area contributed by atoms with Gasteiger partial charge in [-0.15, -0.1) is 0 Å². The van der Waals surface area contributed by atoms with Crippen molar-refractivity contribution in [2.45, 2.75) is 24.2 Å². The maximum absolute atomic E-state index is 15.2. The molecule has 8 rings (SSSR count). The molecule has 258 valence electrons. The van der Waals surface area contributed by atoms with Crippen LogP contribution in [0.3, 0.4) is 0 Å². The standard InChI is InChI=1S/C39H30Cl2FN3O6/c1-51-26-14-17-32(46)30(18-26)34-27-15-16-28-33(37(49)44(35(28)47)25-12-6-22(41)7-13-25)29(27)19-31-36(48)45(43-24-10-8-23(42)9-11-24)38(50)39(31,34)20-2-4-21(40)5-3-20/h2-15,17-18,28-29,31,33-34,43,46H,16,19H2,1H3/t28-,29+,31-,33-,34+,39+/m0/s1. The number of hydrazine groups is 1. The van der Waals surface area contributed by atoms with Crippen molar-refractivity contribution >= 4 is 58.2 Å². The highest BCUT2D eigenvalue weighted by molar-refractivity contribution is 6.31. The van der Waals surface area contributed by atoms with Gasteiger partial charge in [-0.05, 0) is 103 Å². The SMILES string of the molecule is COc1ccc(O)c([C@H]2C3=CC[C@@H]4C(=O)N(c5ccc(Cl)cc5)C(=O)[C@@H]4[C@@H]3C[C@H]3C(=O)N(Nc4ccc(F)cc4)C(=O)[C@@]23c2ccc(Cl)cc2)c1. The molecule has 2 saturated heterocycles. The monoisotopic (exact) mass is 725 g/mol. The van der Waals surface area contributed by atoms with Gasteiger partial charge in [0.2, 0.25) is 11.8 Å². The lowest BCUT2D eigenvalue weighted by molar-refractivity contribution is -0.138. The van der Waals surface area contributed by atoms with E-state index in [1.165, 1.54) is 42.3 Å². The molecule has 0 aromatic heterocycles. The number of benzene rings is 4. The average molecular weight is 727 g/mol. The van der Waals surface area contributed by atoms with Crippen molar-refractivity contribution in [3.8, 4) is 11.5 Å². The molecule has 6 atom stereocenters. The van der Waals surface area contributed by atoms with E-state index in [1.807, 2.05) is 6.08 Å². The minimum atomic E-state index is -1.64. The first-order chi connectivity index (χ1) is 24.5. The molecule has 9 nitrogen and oxygen atoms in total. The minimum Gasteiger partial charge on any atom is -0.508 e. The van der Waals surface area contributed by atoms with Crippen LogP contribution in [0.1, 0.15) is 29.9 Å². The van der Waals surface area contributed by atoms with Crippen LogP contribution in [0.2, 0.25) is 10.0 Å². The Labute approximate surface area is 302 Å². The summed E-state index contributed by atoms with van der Waals surface area (Å²) in [6.07, 6.45) is 2.15. The van der Waals surface area contributed by atoms with E-state index in [4.69, 9.17) is 27.9 Å². The number of phenolic OH excluding ortho intramolecular Hbond substituents is 1. The van der Waals surface area contributed by atoms with Crippen LogP contribution in [0.15, 0.2) is 103 Å². The lowest BCUT2D eigenvalue weighted by Gasteiger charge is -2.50. The van der Waals surface area contributed by atoms with Crippen molar-refractivity contribution in [3.63, 3.8) is 0 Å². The first-order valence-corrected chi connectivity index (χ1v) is 17.2. The highest BCUT2D eigenvalue weighted by atomic mass is 35.5. The van der Waals surface area contributed by atoms with Gasteiger partial charge >= 0.3 is 0 Å². The Morgan fingerprint density at radius 3 is 2.18 bits per heavy atom. The maximum atomic E-state index is 15.2. The summed E-state index contributed by atoms with van der Waals surface area (Å²) in [6.45, 7) is 0. The fourth-order valence-corrected chi connectivity index (χ4v) is 8.99. The molecule has 0 spiro atoms. The van der Waals surface area contributed by atoms with E-state index in [0.29, 0.717) is 43.9 Å². The summed E-state index contributed by atoms with van der Waals surface area (Å²) in [5.41, 5.74) is 3.41. The summed E-state index contributed by atoms with van der Waals surface area (Å²) in [7, 11) is 1.48. The van der Waals surface area contributed by atoms with Crippen molar-refractivity contribution in [3.05, 3.63) is 130 Å².